The van der Waals surface area contributed by atoms with Gasteiger partial charge in [0.05, 0.1) is 0 Å². The Morgan fingerprint density at radius 2 is 1.40 bits per heavy atom. The van der Waals surface area contributed by atoms with E-state index in [-0.39, 0.29) is 5.41 Å². The monoisotopic (exact) mass is 198 g/mol. The average molecular weight is 198 g/mol. The van der Waals surface area contributed by atoms with Crippen LogP contribution in [0.3, 0.4) is 0 Å². The molecule has 78 valence electrons. The molecule has 0 radical (unpaired) electrons. The van der Waals surface area contributed by atoms with Gasteiger partial charge in [-0.25, -0.2) is 0 Å². The highest BCUT2D eigenvalue weighted by molar-refractivity contribution is 5.51. The molecule has 4 rings (SSSR count). The summed E-state index contributed by atoms with van der Waals surface area (Å²) in [5.41, 5.74) is 5.62. The molecule has 0 amide bonds. The fourth-order valence-corrected chi connectivity index (χ4v) is 3.90. The van der Waals surface area contributed by atoms with Gasteiger partial charge in [-0.3, -0.25) is 0 Å². The Morgan fingerprint density at radius 3 is 1.87 bits per heavy atom. The molecule has 0 aromatic rings. The van der Waals surface area contributed by atoms with E-state index in [0.717, 1.165) is 12.8 Å². The first-order chi connectivity index (χ1) is 6.97. The van der Waals surface area contributed by atoms with Crippen molar-refractivity contribution in [2.24, 2.45) is 23.2 Å². The molecule has 0 aliphatic heterocycles. The Morgan fingerprint density at radius 1 is 0.933 bits per heavy atom. The molecule has 4 saturated carbocycles. The molecule has 0 heteroatoms. The number of hydrogen-bond donors (Lipinski definition) is 0. The van der Waals surface area contributed by atoms with Gasteiger partial charge < -0.3 is 0 Å². The molecule has 4 bridgehead atoms. The highest BCUT2D eigenvalue weighted by atomic mass is 14.6. The summed E-state index contributed by atoms with van der Waals surface area (Å²) in [6.45, 7) is 19.4. The summed E-state index contributed by atoms with van der Waals surface area (Å²) in [6, 6.07) is 0. The Bertz CT molecular complexity index is 379. The molecule has 0 aromatic carbocycles. The van der Waals surface area contributed by atoms with Gasteiger partial charge in [0.2, 0.25) is 0 Å². The summed E-state index contributed by atoms with van der Waals surface area (Å²) >= 11 is 0. The zero-order valence-electron chi connectivity index (χ0n) is 9.47. The van der Waals surface area contributed by atoms with Crippen molar-refractivity contribution >= 4 is 0 Å². The van der Waals surface area contributed by atoms with Crippen LogP contribution in [0.15, 0.2) is 48.6 Å². The lowest BCUT2D eigenvalue weighted by molar-refractivity contribution is 0.181. The molecular weight excluding hydrogens is 180 g/mol. The number of rotatable bonds is 0. The largest absolute Gasteiger partial charge is 0.0986 e. The van der Waals surface area contributed by atoms with Crippen molar-refractivity contribution in [1.29, 1.82) is 0 Å². The molecule has 15 heavy (non-hydrogen) atoms. The van der Waals surface area contributed by atoms with Crippen LogP contribution in [0, 0.1) is 23.2 Å². The fraction of sp³-hybridized carbons (Fsp3) is 0.467. The van der Waals surface area contributed by atoms with Gasteiger partial charge in [-0.1, -0.05) is 55.5 Å². The predicted molar refractivity (Wildman–Crippen MR) is 64.4 cm³/mol. The Balaban J connectivity index is 2.20. The third-order valence-electron chi connectivity index (χ3n) is 5.13. The molecule has 0 saturated heterocycles. The van der Waals surface area contributed by atoms with Crippen LogP contribution in [0.25, 0.3) is 0 Å². The summed E-state index contributed by atoms with van der Waals surface area (Å²) in [7, 11) is 0. The van der Waals surface area contributed by atoms with Crippen molar-refractivity contribution in [2.75, 3.05) is 0 Å². The second-order valence-electron chi connectivity index (χ2n) is 5.63. The lowest BCUT2D eigenvalue weighted by Gasteiger charge is -2.60. The summed E-state index contributed by atoms with van der Waals surface area (Å²) in [5, 5.41) is 0. The van der Waals surface area contributed by atoms with Crippen molar-refractivity contribution in [3.63, 3.8) is 0 Å². The molecule has 0 nitrogen and oxygen atoms in total. The van der Waals surface area contributed by atoms with E-state index >= 15 is 0 Å². The van der Waals surface area contributed by atoms with E-state index < -0.39 is 0 Å². The molecule has 4 aliphatic carbocycles. The minimum atomic E-state index is 0.167. The van der Waals surface area contributed by atoms with Gasteiger partial charge >= 0.3 is 0 Å². The molecule has 0 spiro atoms. The van der Waals surface area contributed by atoms with Gasteiger partial charge in [0.1, 0.15) is 0 Å². The first-order valence-electron chi connectivity index (χ1n) is 5.72. The SMILES string of the molecule is C=C1C2CC3(C)C(=C)C1CC(C2=C)C3=C. The molecular formula is C15H18. The van der Waals surface area contributed by atoms with E-state index in [9.17, 15) is 0 Å². The smallest absolute Gasteiger partial charge is 0.0108 e. The van der Waals surface area contributed by atoms with E-state index in [4.69, 9.17) is 0 Å². The van der Waals surface area contributed by atoms with Gasteiger partial charge in [-0.05, 0) is 12.8 Å². The van der Waals surface area contributed by atoms with Gasteiger partial charge in [-0.15, -0.1) is 0 Å². The maximum absolute atomic E-state index is 4.30. The maximum atomic E-state index is 4.30. The Labute approximate surface area is 92.1 Å². The van der Waals surface area contributed by atoms with Gasteiger partial charge in [0, 0.05) is 23.2 Å². The van der Waals surface area contributed by atoms with Gasteiger partial charge in [0.25, 0.3) is 0 Å². The highest BCUT2D eigenvalue weighted by Gasteiger charge is 2.56. The van der Waals surface area contributed by atoms with E-state index in [2.05, 4.69) is 33.2 Å². The van der Waals surface area contributed by atoms with E-state index in [1.54, 1.807) is 0 Å². The van der Waals surface area contributed by atoms with Crippen LogP contribution in [0.4, 0.5) is 0 Å². The zero-order valence-corrected chi connectivity index (χ0v) is 9.47. The van der Waals surface area contributed by atoms with Crippen LogP contribution in [0.5, 0.6) is 0 Å². The van der Waals surface area contributed by atoms with E-state index in [1.165, 1.54) is 22.3 Å². The number of allylic oxidation sites excluding steroid dienone is 4. The standard InChI is InChI=1S/C15H18/c1-8-12-6-13-9(2)14(8)7-15(5,10(12)3)11(13)4/h12-14H,1-4,6-7H2,5H3. The third kappa shape index (κ3) is 0.806. The lowest BCUT2D eigenvalue weighted by atomic mass is 9.44. The van der Waals surface area contributed by atoms with Gasteiger partial charge in [-0.2, -0.15) is 0 Å². The minimum absolute atomic E-state index is 0.167. The highest BCUT2D eigenvalue weighted by Crippen LogP contribution is 2.66. The first-order valence-corrected chi connectivity index (χ1v) is 5.72. The first kappa shape index (κ1) is 9.21. The van der Waals surface area contributed by atoms with Crippen molar-refractivity contribution in [3.8, 4) is 0 Å². The molecule has 0 heterocycles. The van der Waals surface area contributed by atoms with Crippen LogP contribution in [-0.2, 0) is 0 Å². The van der Waals surface area contributed by atoms with Crippen LogP contribution >= 0.6 is 0 Å². The predicted octanol–water partition coefficient (Wildman–Crippen LogP) is 3.89. The molecule has 4 fully saturated rings. The van der Waals surface area contributed by atoms with E-state index in [1.807, 2.05) is 0 Å². The average Bonchev–Trinajstić information content (AvgIpc) is 2.19. The summed E-state index contributed by atoms with van der Waals surface area (Å²) in [4.78, 5) is 0. The summed E-state index contributed by atoms with van der Waals surface area (Å²) < 4.78 is 0. The topological polar surface area (TPSA) is 0 Å². The number of hydrogen-bond acceptors (Lipinski definition) is 0. The zero-order chi connectivity index (χ0) is 11.0. The quantitative estimate of drug-likeness (QED) is 0.518. The van der Waals surface area contributed by atoms with Crippen LogP contribution in [-0.4, -0.2) is 0 Å². The van der Waals surface area contributed by atoms with Crippen molar-refractivity contribution in [2.45, 2.75) is 19.8 Å². The second kappa shape index (κ2) is 2.37. The second-order valence-corrected chi connectivity index (χ2v) is 5.63. The Kier molecular flexibility index (Phi) is 1.46. The molecule has 2 unspecified atom stereocenters. The molecule has 0 aromatic heterocycles. The fourth-order valence-electron chi connectivity index (χ4n) is 3.90. The molecule has 0 N–H and O–H groups in total. The third-order valence-corrected chi connectivity index (χ3v) is 5.13. The van der Waals surface area contributed by atoms with Crippen LogP contribution < -0.4 is 0 Å². The van der Waals surface area contributed by atoms with Crippen LogP contribution in [0.1, 0.15) is 19.8 Å². The minimum Gasteiger partial charge on any atom is -0.0986 e. The van der Waals surface area contributed by atoms with Gasteiger partial charge in [0.15, 0.2) is 0 Å². The Hall–Kier alpha value is -1.04. The van der Waals surface area contributed by atoms with E-state index in [0.29, 0.717) is 17.8 Å². The lowest BCUT2D eigenvalue weighted by Crippen LogP contribution is -2.49. The van der Waals surface area contributed by atoms with Crippen molar-refractivity contribution < 1.29 is 0 Å². The van der Waals surface area contributed by atoms with Crippen LogP contribution in [0.2, 0.25) is 0 Å². The molecule has 4 aliphatic rings. The molecule has 2 atom stereocenters. The maximum Gasteiger partial charge on any atom is 0.0108 e. The van der Waals surface area contributed by atoms with Crippen molar-refractivity contribution in [3.05, 3.63) is 48.6 Å². The van der Waals surface area contributed by atoms with Crippen molar-refractivity contribution in [1.82, 2.24) is 0 Å². The normalized spacial score (nSPS) is 47.9. The summed E-state index contributed by atoms with van der Waals surface area (Å²) in [5.74, 6) is 1.61. The summed E-state index contributed by atoms with van der Waals surface area (Å²) in [6.07, 6.45) is 2.26.